The molecule has 2 rings (SSSR count). The monoisotopic (exact) mass is 258 g/mol. The first kappa shape index (κ1) is 19.4. The van der Waals surface area contributed by atoms with Gasteiger partial charge in [-0.3, -0.25) is 0 Å². The summed E-state index contributed by atoms with van der Waals surface area (Å²) in [5, 5.41) is 0.730. The minimum absolute atomic E-state index is 0. The Morgan fingerprint density at radius 1 is 0.765 bits per heavy atom. The van der Waals surface area contributed by atoms with Gasteiger partial charge in [-0.1, -0.05) is 65.7 Å². The maximum atomic E-state index is 4.36. The first-order valence-corrected chi connectivity index (χ1v) is 7.48. The molecule has 0 aromatic rings. The van der Waals surface area contributed by atoms with Gasteiger partial charge >= 0.3 is 0 Å². The van der Waals surface area contributed by atoms with Crippen molar-refractivity contribution in [3.63, 3.8) is 0 Å². The van der Waals surface area contributed by atoms with E-state index in [0.29, 0.717) is 0 Å². The number of hydrogen-bond donors (Lipinski definition) is 1. The molecule has 0 bridgehead atoms. The van der Waals surface area contributed by atoms with Crippen LogP contribution in [0.2, 0.25) is 0 Å². The van der Waals surface area contributed by atoms with Gasteiger partial charge in [0.15, 0.2) is 0 Å². The highest BCUT2D eigenvalue weighted by molar-refractivity contribution is 7.80. The summed E-state index contributed by atoms with van der Waals surface area (Å²) in [5.74, 6) is 1.04. The SMILES string of the molecule is C.C=C.CC1CCCCC1.SC1CCCCC1. The highest BCUT2D eigenvalue weighted by Gasteiger charge is 2.07. The molecule has 0 N–H and O–H groups in total. The predicted octanol–water partition coefficient (Wildman–Crippen LogP) is 6.27. The van der Waals surface area contributed by atoms with Gasteiger partial charge in [-0.2, -0.15) is 12.6 Å². The van der Waals surface area contributed by atoms with E-state index in [4.69, 9.17) is 0 Å². The zero-order valence-electron chi connectivity index (χ0n) is 11.1. The van der Waals surface area contributed by atoms with E-state index in [1.165, 1.54) is 64.2 Å². The molecule has 0 spiro atoms. The van der Waals surface area contributed by atoms with Crippen LogP contribution in [-0.4, -0.2) is 5.25 Å². The van der Waals surface area contributed by atoms with Crippen LogP contribution < -0.4 is 0 Å². The van der Waals surface area contributed by atoms with E-state index in [2.05, 4.69) is 32.7 Å². The van der Waals surface area contributed by atoms with Crippen LogP contribution in [0.4, 0.5) is 0 Å². The first-order chi connectivity index (χ1) is 7.79. The molecule has 0 radical (unpaired) electrons. The quantitative estimate of drug-likeness (QED) is 0.384. The molecule has 0 atom stereocenters. The Morgan fingerprint density at radius 3 is 1.29 bits per heavy atom. The molecule has 0 saturated heterocycles. The Balaban J connectivity index is 0. The van der Waals surface area contributed by atoms with Crippen molar-refractivity contribution in [3.05, 3.63) is 13.2 Å². The van der Waals surface area contributed by atoms with Crippen LogP contribution in [0.3, 0.4) is 0 Å². The third kappa shape index (κ3) is 12.3. The van der Waals surface area contributed by atoms with Gasteiger partial charge in [0.2, 0.25) is 0 Å². The van der Waals surface area contributed by atoms with Crippen molar-refractivity contribution < 1.29 is 0 Å². The topological polar surface area (TPSA) is 0 Å². The molecule has 2 aliphatic carbocycles. The van der Waals surface area contributed by atoms with Crippen molar-refractivity contribution in [2.45, 2.75) is 83.8 Å². The predicted molar refractivity (Wildman–Crippen MR) is 86.1 cm³/mol. The Morgan fingerprint density at radius 2 is 1.12 bits per heavy atom. The molecule has 0 aliphatic heterocycles. The molecule has 17 heavy (non-hydrogen) atoms. The lowest BCUT2D eigenvalue weighted by atomic mass is 9.91. The van der Waals surface area contributed by atoms with Crippen LogP contribution in [0.15, 0.2) is 13.2 Å². The second kappa shape index (κ2) is 14.2. The summed E-state index contributed by atoms with van der Waals surface area (Å²) in [5.41, 5.74) is 0. The van der Waals surface area contributed by atoms with Gasteiger partial charge in [0.25, 0.3) is 0 Å². The lowest BCUT2D eigenvalue weighted by molar-refractivity contribution is 0.385. The molecule has 0 aromatic heterocycles. The number of thiol groups is 1. The van der Waals surface area contributed by atoms with E-state index in [1.807, 2.05) is 0 Å². The van der Waals surface area contributed by atoms with Crippen molar-refractivity contribution >= 4 is 12.6 Å². The minimum atomic E-state index is 0. The Kier molecular flexibility index (Phi) is 16.2. The summed E-state index contributed by atoms with van der Waals surface area (Å²) in [6.45, 7) is 8.36. The highest BCUT2D eigenvalue weighted by Crippen LogP contribution is 2.22. The second-order valence-electron chi connectivity index (χ2n) is 5.04. The van der Waals surface area contributed by atoms with Crippen molar-refractivity contribution in [2.75, 3.05) is 0 Å². The van der Waals surface area contributed by atoms with Gasteiger partial charge in [0, 0.05) is 5.25 Å². The third-order valence-electron chi connectivity index (χ3n) is 3.47. The number of hydrogen-bond acceptors (Lipinski definition) is 1. The van der Waals surface area contributed by atoms with Crippen LogP contribution in [-0.2, 0) is 0 Å². The average Bonchev–Trinajstić information content (AvgIpc) is 2.34. The standard InChI is InChI=1S/C7H14.C6H12S.C2H4.CH4/c1-7-5-3-2-4-6-7;7-6-4-2-1-3-5-6;1-2;/h7H,2-6H2,1H3;6-7H,1-5H2;1-2H2;1H4. The maximum absolute atomic E-state index is 4.36. The molecule has 0 heterocycles. The normalized spacial score (nSPS) is 21.1. The van der Waals surface area contributed by atoms with Gasteiger partial charge < -0.3 is 0 Å². The molecule has 0 aromatic carbocycles. The van der Waals surface area contributed by atoms with Gasteiger partial charge in [0.05, 0.1) is 0 Å². The van der Waals surface area contributed by atoms with E-state index in [0.717, 1.165) is 11.2 Å². The fourth-order valence-corrected chi connectivity index (χ4v) is 2.75. The minimum Gasteiger partial charge on any atom is -0.176 e. The molecular weight excluding hydrogens is 224 g/mol. The summed E-state index contributed by atoms with van der Waals surface area (Å²) < 4.78 is 0. The molecular formula is C16H34S. The Bertz CT molecular complexity index is 116. The zero-order chi connectivity index (χ0) is 12.2. The van der Waals surface area contributed by atoms with Crippen LogP contribution in [0, 0.1) is 5.92 Å². The molecule has 2 saturated carbocycles. The molecule has 0 amide bonds. The molecule has 104 valence electrons. The van der Waals surface area contributed by atoms with Gasteiger partial charge in [-0.05, 0) is 18.8 Å². The van der Waals surface area contributed by atoms with Crippen molar-refractivity contribution in [3.8, 4) is 0 Å². The van der Waals surface area contributed by atoms with Crippen molar-refractivity contribution in [1.82, 2.24) is 0 Å². The highest BCUT2D eigenvalue weighted by atomic mass is 32.1. The first-order valence-electron chi connectivity index (χ1n) is 6.97. The Hall–Kier alpha value is 0.0900. The fourth-order valence-electron chi connectivity index (χ4n) is 2.39. The van der Waals surface area contributed by atoms with E-state index < -0.39 is 0 Å². The van der Waals surface area contributed by atoms with Gasteiger partial charge in [-0.15, -0.1) is 13.2 Å². The second-order valence-corrected chi connectivity index (χ2v) is 5.77. The zero-order valence-corrected chi connectivity index (χ0v) is 12.0. The largest absolute Gasteiger partial charge is 0.176 e. The Labute approximate surface area is 116 Å². The van der Waals surface area contributed by atoms with Gasteiger partial charge in [-0.25, -0.2) is 0 Å². The summed E-state index contributed by atoms with van der Waals surface area (Å²) in [6, 6.07) is 0. The summed E-state index contributed by atoms with van der Waals surface area (Å²) >= 11 is 4.36. The summed E-state index contributed by atoms with van der Waals surface area (Å²) in [4.78, 5) is 0. The maximum Gasteiger partial charge on any atom is 0.00168 e. The molecule has 2 aliphatic rings. The summed E-state index contributed by atoms with van der Waals surface area (Å²) in [7, 11) is 0. The molecule has 1 heteroatoms. The average molecular weight is 259 g/mol. The lowest BCUT2D eigenvalue weighted by Crippen LogP contribution is -2.03. The van der Waals surface area contributed by atoms with E-state index in [1.54, 1.807) is 0 Å². The lowest BCUT2D eigenvalue weighted by Gasteiger charge is -2.15. The van der Waals surface area contributed by atoms with Crippen LogP contribution >= 0.6 is 12.6 Å². The molecule has 0 nitrogen and oxygen atoms in total. The van der Waals surface area contributed by atoms with Crippen molar-refractivity contribution in [1.29, 1.82) is 0 Å². The number of rotatable bonds is 0. The fraction of sp³-hybridized carbons (Fsp3) is 0.875. The third-order valence-corrected chi connectivity index (χ3v) is 3.98. The molecule has 0 unspecified atom stereocenters. The van der Waals surface area contributed by atoms with E-state index in [9.17, 15) is 0 Å². The smallest absolute Gasteiger partial charge is 0.00168 e. The van der Waals surface area contributed by atoms with E-state index in [-0.39, 0.29) is 7.43 Å². The van der Waals surface area contributed by atoms with Crippen LogP contribution in [0.1, 0.15) is 78.6 Å². The van der Waals surface area contributed by atoms with E-state index >= 15 is 0 Å². The molecule has 2 fully saturated rings. The van der Waals surface area contributed by atoms with Gasteiger partial charge in [0.1, 0.15) is 0 Å². The summed E-state index contributed by atoms with van der Waals surface area (Å²) in [6.07, 6.45) is 14.4. The van der Waals surface area contributed by atoms with Crippen molar-refractivity contribution in [2.24, 2.45) is 5.92 Å². The van der Waals surface area contributed by atoms with Crippen LogP contribution in [0.5, 0.6) is 0 Å². The van der Waals surface area contributed by atoms with Crippen LogP contribution in [0.25, 0.3) is 0 Å².